The smallest absolute Gasteiger partial charge is 0.234 e. The third-order valence-electron chi connectivity index (χ3n) is 4.15. The maximum Gasteiger partial charge on any atom is 0.234 e. The van der Waals surface area contributed by atoms with Gasteiger partial charge >= 0.3 is 0 Å². The largest absolute Gasteiger partial charge is 0.489 e. The monoisotopic (exact) mass is 420 g/mol. The quantitative estimate of drug-likeness (QED) is 0.517. The van der Waals surface area contributed by atoms with Crippen LogP contribution >= 0.6 is 11.8 Å². The molecule has 0 saturated heterocycles. The van der Waals surface area contributed by atoms with Crippen molar-refractivity contribution in [2.24, 2.45) is 0 Å². The molecule has 0 unspecified atom stereocenters. The van der Waals surface area contributed by atoms with Gasteiger partial charge in [0.05, 0.1) is 11.5 Å². The van der Waals surface area contributed by atoms with Gasteiger partial charge in [0.1, 0.15) is 12.4 Å². The van der Waals surface area contributed by atoms with E-state index < -0.39 is 0 Å². The molecule has 0 fully saturated rings. The average Bonchev–Trinajstić information content (AvgIpc) is 2.74. The molecule has 0 atom stereocenters. The summed E-state index contributed by atoms with van der Waals surface area (Å²) in [6, 6.07) is 24.8. The molecular weight excluding hydrogens is 396 g/mol. The van der Waals surface area contributed by atoms with Crippen molar-refractivity contribution < 1.29 is 14.3 Å². The van der Waals surface area contributed by atoms with Crippen molar-refractivity contribution in [2.45, 2.75) is 13.5 Å². The van der Waals surface area contributed by atoms with Gasteiger partial charge < -0.3 is 15.4 Å². The number of amides is 2. The van der Waals surface area contributed by atoms with Crippen molar-refractivity contribution in [2.75, 3.05) is 22.1 Å². The van der Waals surface area contributed by atoms with E-state index in [-0.39, 0.29) is 23.3 Å². The highest BCUT2D eigenvalue weighted by Crippen LogP contribution is 2.17. The number of nitrogens with one attached hydrogen (secondary N) is 2. The summed E-state index contributed by atoms with van der Waals surface area (Å²) in [4.78, 5) is 24.1. The molecule has 30 heavy (non-hydrogen) atoms. The van der Waals surface area contributed by atoms with Gasteiger partial charge in [0.15, 0.2) is 0 Å². The van der Waals surface area contributed by atoms with Gasteiger partial charge in [-0.2, -0.15) is 0 Å². The first-order valence-electron chi connectivity index (χ1n) is 9.59. The Hall–Kier alpha value is -3.25. The fourth-order valence-corrected chi connectivity index (χ4v) is 3.35. The van der Waals surface area contributed by atoms with Gasteiger partial charge in [-0.25, -0.2) is 0 Å². The van der Waals surface area contributed by atoms with Crippen molar-refractivity contribution in [3.63, 3.8) is 0 Å². The van der Waals surface area contributed by atoms with Gasteiger partial charge in [-0.3, -0.25) is 9.59 Å². The molecule has 3 rings (SSSR count). The summed E-state index contributed by atoms with van der Waals surface area (Å²) in [6.07, 6.45) is 0. The number of carbonyl (C=O) groups is 2. The van der Waals surface area contributed by atoms with Crippen LogP contribution in [0.3, 0.4) is 0 Å². The normalized spacial score (nSPS) is 10.3. The molecule has 0 bridgehead atoms. The van der Waals surface area contributed by atoms with E-state index in [4.69, 9.17) is 4.74 Å². The second-order valence-electron chi connectivity index (χ2n) is 6.76. The van der Waals surface area contributed by atoms with Crippen molar-refractivity contribution in [1.29, 1.82) is 0 Å². The number of thioether (sulfide) groups is 1. The zero-order chi connectivity index (χ0) is 21.2. The lowest BCUT2D eigenvalue weighted by molar-refractivity contribution is -0.114. The van der Waals surface area contributed by atoms with Crippen LogP contribution in [0.4, 0.5) is 11.4 Å². The van der Waals surface area contributed by atoms with Gasteiger partial charge in [0.25, 0.3) is 0 Å². The van der Waals surface area contributed by atoms with E-state index in [1.165, 1.54) is 11.8 Å². The van der Waals surface area contributed by atoms with Crippen LogP contribution in [-0.4, -0.2) is 23.3 Å². The van der Waals surface area contributed by atoms with Gasteiger partial charge in [-0.15, -0.1) is 11.8 Å². The molecule has 5 nitrogen and oxygen atoms in total. The van der Waals surface area contributed by atoms with Crippen molar-refractivity contribution in [1.82, 2.24) is 0 Å². The fraction of sp³-hybridized carbons (Fsp3) is 0.167. The van der Waals surface area contributed by atoms with Crippen LogP contribution in [0.2, 0.25) is 0 Å². The van der Waals surface area contributed by atoms with Crippen LogP contribution in [0.25, 0.3) is 0 Å². The third kappa shape index (κ3) is 7.29. The molecule has 0 heterocycles. The maximum absolute atomic E-state index is 12.1. The lowest BCUT2D eigenvalue weighted by Crippen LogP contribution is -2.18. The summed E-state index contributed by atoms with van der Waals surface area (Å²) in [6.45, 7) is 2.46. The van der Waals surface area contributed by atoms with E-state index >= 15 is 0 Å². The zero-order valence-corrected chi connectivity index (χ0v) is 17.6. The first kappa shape index (κ1) is 21.5. The summed E-state index contributed by atoms with van der Waals surface area (Å²) < 4.78 is 5.74. The predicted octanol–water partition coefficient (Wildman–Crippen LogP) is 4.88. The van der Waals surface area contributed by atoms with E-state index in [9.17, 15) is 9.59 Å². The minimum absolute atomic E-state index is 0.127. The summed E-state index contributed by atoms with van der Waals surface area (Å²) in [7, 11) is 0. The van der Waals surface area contributed by atoms with Crippen LogP contribution in [0.1, 0.15) is 11.1 Å². The van der Waals surface area contributed by atoms with E-state index in [0.29, 0.717) is 12.3 Å². The lowest BCUT2D eigenvalue weighted by atomic mass is 10.2. The van der Waals surface area contributed by atoms with Gasteiger partial charge in [0, 0.05) is 11.4 Å². The minimum Gasteiger partial charge on any atom is -0.489 e. The van der Waals surface area contributed by atoms with E-state index in [0.717, 1.165) is 22.6 Å². The molecule has 0 spiro atoms. The predicted molar refractivity (Wildman–Crippen MR) is 123 cm³/mol. The first-order valence-corrected chi connectivity index (χ1v) is 10.7. The summed E-state index contributed by atoms with van der Waals surface area (Å²) in [5, 5.41) is 5.66. The van der Waals surface area contributed by atoms with Crippen LogP contribution in [0.15, 0.2) is 78.9 Å². The number of carbonyl (C=O) groups excluding carboxylic acids is 2. The molecule has 0 aliphatic rings. The number of hydrogen-bond acceptors (Lipinski definition) is 4. The highest BCUT2D eigenvalue weighted by atomic mass is 32.2. The fourth-order valence-electron chi connectivity index (χ4n) is 2.73. The van der Waals surface area contributed by atoms with Crippen LogP contribution in [0, 0.1) is 6.92 Å². The number of hydrogen-bond donors (Lipinski definition) is 2. The molecule has 6 heteroatoms. The minimum atomic E-state index is -0.152. The topological polar surface area (TPSA) is 67.4 Å². The maximum atomic E-state index is 12.1. The molecule has 2 N–H and O–H groups in total. The van der Waals surface area contributed by atoms with Gasteiger partial charge in [-0.1, -0.05) is 42.5 Å². The second-order valence-corrected chi connectivity index (χ2v) is 7.74. The van der Waals surface area contributed by atoms with E-state index in [2.05, 4.69) is 10.6 Å². The van der Waals surface area contributed by atoms with Gasteiger partial charge in [-0.05, 0) is 54.4 Å². The summed E-state index contributed by atoms with van der Waals surface area (Å²) >= 11 is 1.27. The Labute approximate surface area is 180 Å². The summed E-state index contributed by atoms with van der Waals surface area (Å²) in [5.74, 6) is 0.875. The number of anilines is 2. The first-order chi connectivity index (χ1) is 14.6. The summed E-state index contributed by atoms with van der Waals surface area (Å²) in [5.41, 5.74) is 3.63. The van der Waals surface area contributed by atoms with Crippen molar-refractivity contribution >= 4 is 35.0 Å². The van der Waals surface area contributed by atoms with Gasteiger partial charge in [0.2, 0.25) is 11.8 Å². The van der Waals surface area contributed by atoms with E-state index in [1.807, 2.05) is 73.7 Å². The molecule has 3 aromatic carbocycles. The number of rotatable bonds is 9. The number of ether oxygens (including phenoxy) is 1. The number of aryl methyl sites for hydroxylation is 1. The van der Waals surface area contributed by atoms with Crippen molar-refractivity contribution in [3.05, 3.63) is 90.0 Å². The molecule has 3 aromatic rings. The average molecular weight is 421 g/mol. The SMILES string of the molecule is Cc1cccc(NC(=O)CSCC(=O)Nc2ccc(OCc3ccccc3)cc2)c1. The van der Waals surface area contributed by atoms with Crippen LogP contribution in [0.5, 0.6) is 5.75 Å². The third-order valence-corrected chi connectivity index (χ3v) is 5.09. The molecule has 0 saturated carbocycles. The van der Waals surface area contributed by atoms with Crippen LogP contribution < -0.4 is 15.4 Å². The molecule has 0 aliphatic heterocycles. The Balaban J connectivity index is 1.36. The zero-order valence-electron chi connectivity index (χ0n) is 16.8. The van der Waals surface area contributed by atoms with Crippen molar-refractivity contribution in [3.8, 4) is 5.75 Å². The highest BCUT2D eigenvalue weighted by molar-refractivity contribution is 8.00. The second kappa shape index (κ2) is 11.1. The molecule has 154 valence electrons. The molecule has 0 aliphatic carbocycles. The van der Waals surface area contributed by atoms with E-state index in [1.54, 1.807) is 12.1 Å². The number of benzene rings is 3. The standard InChI is InChI=1S/C24H24N2O3S/c1-18-6-5-9-21(14-18)26-24(28)17-30-16-23(27)25-20-10-12-22(13-11-20)29-15-19-7-3-2-4-8-19/h2-14H,15-17H2,1H3,(H,25,27)(H,26,28). The molecule has 2 amide bonds. The highest BCUT2D eigenvalue weighted by Gasteiger charge is 2.07. The Morgan fingerprint density at radius 1 is 0.800 bits per heavy atom. The Morgan fingerprint density at radius 3 is 2.13 bits per heavy atom. The Kier molecular flexibility index (Phi) is 7.92. The van der Waals surface area contributed by atoms with Crippen LogP contribution in [-0.2, 0) is 16.2 Å². The lowest BCUT2D eigenvalue weighted by Gasteiger charge is -2.09. The molecule has 0 radical (unpaired) electrons. The Morgan fingerprint density at radius 2 is 1.47 bits per heavy atom. The Bertz CT molecular complexity index is 975. The molecule has 0 aromatic heterocycles. The molecular formula is C24H24N2O3S.